The van der Waals surface area contributed by atoms with E-state index in [9.17, 15) is 13.2 Å². The van der Waals surface area contributed by atoms with E-state index in [1.54, 1.807) is 12.1 Å². The Morgan fingerprint density at radius 2 is 1.95 bits per heavy atom. The summed E-state index contributed by atoms with van der Waals surface area (Å²) in [5, 5.41) is 3.29. The van der Waals surface area contributed by atoms with E-state index in [4.69, 9.17) is 27.9 Å². The van der Waals surface area contributed by atoms with Crippen LogP contribution in [0.5, 0.6) is 5.75 Å². The molecular weight excluding hydrogens is 353 g/mol. The van der Waals surface area contributed by atoms with Crippen LogP contribution in [0.2, 0.25) is 10.0 Å². The lowest BCUT2D eigenvalue weighted by Gasteiger charge is -2.13. The van der Waals surface area contributed by atoms with Gasteiger partial charge in [-0.05, 0) is 18.2 Å². The SMILES string of the molecule is CN(C)S(=O)(=O)NCCNC(=O)COc1ccc(Cl)cc1Cl. The summed E-state index contributed by atoms with van der Waals surface area (Å²) in [7, 11) is -0.676. The van der Waals surface area contributed by atoms with E-state index in [-0.39, 0.29) is 19.7 Å². The lowest BCUT2D eigenvalue weighted by atomic mass is 10.3. The fraction of sp³-hybridized carbons (Fsp3) is 0.417. The number of rotatable bonds is 8. The highest BCUT2D eigenvalue weighted by Crippen LogP contribution is 2.27. The zero-order valence-corrected chi connectivity index (χ0v) is 14.4. The van der Waals surface area contributed by atoms with Crippen LogP contribution in [-0.2, 0) is 15.0 Å². The molecule has 22 heavy (non-hydrogen) atoms. The number of nitrogens with zero attached hydrogens (tertiary/aromatic N) is 1. The predicted octanol–water partition coefficient (Wildman–Crippen LogP) is 0.884. The summed E-state index contributed by atoms with van der Waals surface area (Å²) in [6.07, 6.45) is 0. The molecule has 0 aliphatic heterocycles. The van der Waals surface area contributed by atoms with Crippen molar-refractivity contribution in [1.82, 2.24) is 14.3 Å². The highest BCUT2D eigenvalue weighted by Gasteiger charge is 2.12. The molecule has 0 saturated carbocycles. The van der Waals surface area contributed by atoms with Gasteiger partial charge in [-0.15, -0.1) is 0 Å². The third-order valence-electron chi connectivity index (χ3n) is 2.47. The van der Waals surface area contributed by atoms with Crippen molar-refractivity contribution in [3.63, 3.8) is 0 Å². The molecule has 0 spiro atoms. The molecule has 0 fully saturated rings. The van der Waals surface area contributed by atoms with Gasteiger partial charge in [-0.1, -0.05) is 23.2 Å². The molecule has 1 aromatic carbocycles. The Hall–Kier alpha value is -1.06. The first-order valence-corrected chi connectivity index (χ1v) is 8.43. The van der Waals surface area contributed by atoms with Gasteiger partial charge in [-0.25, -0.2) is 4.72 Å². The average molecular weight is 370 g/mol. The number of amides is 1. The van der Waals surface area contributed by atoms with E-state index in [2.05, 4.69) is 10.0 Å². The average Bonchev–Trinajstić information content (AvgIpc) is 2.42. The van der Waals surface area contributed by atoms with Crippen molar-refractivity contribution < 1.29 is 17.9 Å². The maximum atomic E-state index is 11.6. The molecule has 0 unspecified atom stereocenters. The second-order valence-corrected chi connectivity index (χ2v) is 7.21. The quantitative estimate of drug-likeness (QED) is 0.666. The molecule has 0 saturated heterocycles. The number of ether oxygens (including phenoxy) is 1. The smallest absolute Gasteiger partial charge is 0.278 e. The monoisotopic (exact) mass is 369 g/mol. The van der Waals surface area contributed by atoms with Gasteiger partial charge in [-0.2, -0.15) is 12.7 Å². The molecule has 1 amide bonds. The molecule has 0 aliphatic carbocycles. The molecule has 0 atom stereocenters. The van der Waals surface area contributed by atoms with Gasteiger partial charge in [0.2, 0.25) is 0 Å². The fourth-order valence-electron chi connectivity index (χ4n) is 1.30. The van der Waals surface area contributed by atoms with Crippen LogP contribution in [-0.4, -0.2) is 52.4 Å². The lowest BCUT2D eigenvalue weighted by molar-refractivity contribution is -0.123. The van der Waals surface area contributed by atoms with Crippen molar-refractivity contribution in [3.05, 3.63) is 28.2 Å². The van der Waals surface area contributed by atoms with Crippen LogP contribution in [0.15, 0.2) is 18.2 Å². The normalized spacial score (nSPS) is 11.5. The zero-order valence-electron chi connectivity index (χ0n) is 12.1. The Balaban J connectivity index is 2.30. The van der Waals surface area contributed by atoms with Gasteiger partial charge in [0.05, 0.1) is 5.02 Å². The van der Waals surface area contributed by atoms with Crippen molar-refractivity contribution in [2.75, 3.05) is 33.8 Å². The van der Waals surface area contributed by atoms with Gasteiger partial charge >= 0.3 is 0 Å². The largest absolute Gasteiger partial charge is 0.482 e. The van der Waals surface area contributed by atoms with Crippen LogP contribution in [0.3, 0.4) is 0 Å². The molecule has 0 bridgehead atoms. The first-order valence-electron chi connectivity index (χ1n) is 6.24. The van der Waals surface area contributed by atoms with Gasteiger partial charge in [0.15, 0.2) is 6.61 Å². The third kappa shape index (κ3) is 6.37. The summed E-state index contributed by atoms with van der Waals surface area (Å²) >= 11 is 11.6. The van der Waals surface area contributed by atoms with Crippen molar-refractivity contribution in [1.29, 1.82) is 0 Å². The molecule has 2 N–H and O–H groups in total. The van der Waals surface area contributed by atoms with Crippen molar-refractivity contribution >= 4 is 39.3 Å². The highest BCUT2D eigenvalue weighted by molar-refractivity contribution is 7.87. The van der Waals surface area contributed by atoms with E-state index >= 15 is 0 Å². The molecule has 0 aliphatic rings. The number of nitrogens with one attached hydrogen (secondary N) is 2. The minimum atomic E-state index is -3.49. The van der Waals surface area contributed by atoms with E-state index in [0.29, 0.717) is 15.8 Å². The van der Waals surface area contributed by atoms with Gasteiger partial charge < -0.3 is 10.1 Å². The Bertz CT molecular complexity index is 623. The molecular formula is C12H17Cl2N3O4S. The minimum Gasteiger partial charge on any atom is -0.482 e. The fourth-order valence-corrected chi connectivity index (χ4v) is 2.38. The van der Waals surface area contributed by atoms with Gasteiger partial charge in [-0.3, -0.25) is 4.79 Å². The predicted molar refractivity (Wildman–Crippen MR) is 85.6 cm³/mol. The Morgan fingerprint density at radius 3 is 2.55 bits per heavy atom. The number of carbonyl (C=O) groups excluding carboxylic acids is 1. The molecule has 0 radical (unpaired) electrons. The highest BCUT2D eigenvalue weighted by atomic mass is 35.5. The van der Waals surface area contributed by atoms with Crippen molar-refractivity contribution in [2.45, 2.75) is 0 Å². The van der Waals surface area contributed by atoms with Crippen molar-refractivity contribution in [2.24, 2.45) is 0 Å². The molecule has 1 rings (SSSR count). The molecule has 124 valence electrons. The first kappa shape index (κ1) is 19.0. The Kier molecular flexibility index (Phi) is 7.37. The molecule has 7 nitrogen and oxygen atoms in total. The van der Waals surface area contributed by atoms with Crippen LogP contribution in [0.4, 0.5) is 0 Å². The number of hydrogen-bond donors (Lipinski definition) is 2. The summed E-state index contributed by atoms with van der Waals surface area (Å²) in [5.41, 5.74) is 0. The van der Waals surface area contributed by atoms with E-state index < -0.39 is 16.1 Å². The van der Waals surface area contributed by atoms with E-state index in [1.165, 1.54) is 20.2 Å². The number of benzene rings is 1. The van der Waals surface area contributed by atoms with Crippen LogP contribution in [0.1, 0.15) is 0 Å². The molecule has 0 heterocycles. The van der Waals surface area contributed by atoms with Crippen LogP contribution in [0.25, 0.3) is 0 Å². The Labute approximate surface area is 139 Å². The molecule has 10 heteroatoms. The Morgan fingerprint density at radius 1 is 1.27 bits per heavy atom. The summed E-state index contributed by atoms with van der Waals surface area (Å²) < 4.78 is 31.4. The maximum absolute atomic E-state index is 11.6. The summed E-state index contributed by atoms with van der Waals surface area (Å²) in [4.78, 5) is 11.6. The zero-order chi connectivity index (χ0) is 16.8. The first-order chi connectivity index (χ1) is 10.2. The minimum absolute atomic E-state index is 0.0773. The lowest BCUT2D eigenvalue weighted by Crippen LogP contribution is -2.41. The van der Waals surface area contributed by atoms with Gasteiger partial charge in [0.1, 0.15) is 5.75 Å². The third-order valence-corrected chi connectivity index (χ3v) is 4.53. The number of hydrogen-bond acceptors (Lipinski definition) is 4. The second kappa shape index (κ2) is 8.54. The van der Waals surface area contributed by atoms with E-state index in [0.717, 1.165) is 4.31 Å². The van der Waals surface area contributed by atoms with Crippen LogP contribution in [0, 0.1) is 0 Å². The van der Waals surface area contributed by atoms with E-state index in [1.807, 2.05) is 0 Å². The maximum Gasteiger partial charge on any atom is 0.278 e. The molecule has 0 aromatic heterocycles. The number of halogens is 2. The second-order valence-electron chi connectivity index (χ2n) is 4.40. The topological polar surface area (TPSA) is 87.7 Å². The summed E-state index contributed by atoms with van der Waals surface area (Å²) in [6.45, 7) is -0.0145. The van der Waals surface area contributed by atoms with Crippen LogP contribution >= 0.6 is 23.2 Å². The van der Waals surface area contributed by atoms with Gasteiger partial charge in [0.25, 0.3) is 16.1 Å². The summed E-state index contributed by atoms with van der Waals surface area (Å²) in [5.74, 6) is -0.0513. The number of carbonyl (C=O) groups is 1. The van der Waals surface area contributed by atoms with Crippen molar-refractivity contribution in [3.8, 4) is 5.75 Å². The molecule has 1 aromatic rings. The van der Waals surface area contributed by atoms with Crippen LogP contribution < -0.4 is 14.8 Å². The summed E-state index contributed by atoms with van der Waals surface area (Å²) in [6, 6.07) is 4.66. The van der Waals surface area contributed by atoms with Gasteiger partial charge in [0, 0.05) is 32.2 Å². The standard InChI is InChI=1S/C12H17Cl2N3O4S/c1-17(2)22(19,20)16-6-5-15-12(18)8-21-11-4-3-9(13)7-10(11)14/h3-4,7,16H,5-6,8H2,1-2H3,(H,15,18).